The molecule has 5 nitrogen and oxygen atoms in total. The summed E-state index contributed by atoms with van der Waals surface area (Å²) in [5, 5.41) is 0. The predicted octanol–water partition coefficient (Wildman–Crippen LogP) is 8.68. The number of terminal acetylenes is 3. The summed E-state index contributed by atoms with van der Waals surface area (Å²) < 4.78 is 35.8. The maximum absolute atomic E-state index is 7.29. The lowest BCUT2D eigenvalue weighted by Crippen LogP contribution is -2.66. The Hall–Kier alpha value is -0.219. The van der Waals surface area contributed by atoms with Crippen LogP contribution >= 0.6 is 0 Å². The predicted molar refractivity (Wildman–Crippen MR) is 182 cm³/mol. The average molecular weight is 643 g/mol. The summed E-state index contributed by atoms with van der Waals surface area (Å²) in [6.07, 6.45) is 17.5. The lowest BCUT2D eigenvalue weighted by atomic mass is 10.8. The normalized spacial score (nSPS) is 14.8. The highest BCUT2D eigenvalue weighted by Gasteiger charge is 2.56. The molecule has 0 aliphatic carbocycles. The molecule has 0 aromatic carbocycles. The molecule has 0 spiro atoms. The fourth-order valence-electron chi connectivity index (χ4n) is 5.34. The molecule has 0 saturated carbocycles. The fourth-order valence-corrected chi connectivity index (χ4v) is 36.0. The number of rotatable bonds is 21. The number of hydrogen-bond donors (Lipinski definition) is 0. The largest absolute Gasteiger partial charge is 0.469 e. The third-order valence-electron chi connectivity index (χ3n) is 8.29. The first kappa shape index (κ1) is 38.8. The fraction of sp³-hybridized carbons (Fsp3) is 0.786. The SMILES string of the molecule is C#CC[Si](CC)(CC)O[Si](C)(C)O[Si](C)(O[Si](CC)(CC)CC#C)O[Si](CC)(CC)O[Si](CC)(CC)CC#C. The van der Waals surface area contributed by atoms with Crippen LogP contribution in [-0.4, -0.2) is 50.9 Å². The lowest BCUT2D eigenvalue weighted by Gasteiger charge is -2.48. The highest BCUT2D eigenvalue weighted by molar-refractivity contribution is 6.93. The van der Waals surface area contributed by atoms with Gasteiger partial charge in [-0.3, -0.25) is 0 Å². The zero-order valence-electron chi connectivity index (χ0n) is 27.1. The molecule has 0 radical (unpaired) electrons. The van der Waals surface area contributed by atoms with E-state index in [1.54, 1.807) is 0 Å². The van der Waals surface area contributed by atoms with Crippen molar-refractivity contribution in [2.45, 2.75) is 142 Å². The maximum atomic E-state index is 7.29. The van der Waals surface area contributed by atoms with E-state index in [1.165, 1.54) is 0 Å². The van der Waals surface area contributed by atoms with Gasteiger partial charge in [-0.25, -0.2) is 0 Å². The van der Waals surface area contributed by atoms with E-state index in [0.717, 1.165) is 48.4 Å². The van der Waals surface area contributed by atoms with Gasteiger partial charge in [-0.1, -0.05) is 55.4 Å². The summed E-state index contributed by atoms with van der Waals surface area (Å²) in [5.74, 6) is 8.72. The first-order chi connectivity index (χ1) is 18.2. The topological polar surface area (TPSA) is 46.2 Å². The van der Waals surface area contributed by atoms with Crippen molar-refractivity contribution < 1.29 is 20.6 Å². The van der Waals surface area contributed by atoms with Gasteiger partial charge in [0.05, 0.1) is 0 Å². The Bertz CT molecular complexity index is 846. The van der Waals surface area contributed by atoms with Crippen molar-refractivity contribution in [3.63, 3.8) is 0 Å². The van der Waals surface area contributed by atoms with Gasteiger partial charge in [0.1, 0.15) is 0 Å². The Morgan fingerprint density at radius 1 is 0.436 bits per heavy atom. The lowest BCUT2D eigenvalue weighted by molar-refractivity contribution is 0.207. The van der Waals surface area contributed by atoms with Crippen molar-refractivity contribution in [3.8, 4) is 37.0 Å². The second kappa shape index (κ2) is 17.0. The van der Waals surface area contributed by atoms with Gasteiger partial charge in [0, 0.05) is 24.7 Å². The van der Waals surface area contributed by atoms with Crippen LogP contribution in [-0.2, 0) is 20.6 Å². The first-order valence-electron chi connectivity index (χ1n) is 15.0. The molecule has 0 rings (SSSR count). The van der Waals surface area contributed by atoms with E-state index in [1.807, 2.05) is 0 Å². The quantitative estimate of drug-likeness (QED) is 0.0926. The van der Waals surface area contributed by atoms with Crippen LogP contribution in [0.1, 0.15) is 55.4 Å². The highest BCUT2D eigenvalue weighted by Crippen LogP contribution is 2.38. The van der Waals surface area contributed by atoms with Gasteiger partial charge in [-0.2, -0.15) is 0 Å². The third kappa shape index (κ3) is 11.2. The van der Waals surface area contributed by atoms with Gasteiger partial charge in [-0.05, 0) is 61.4 Å². The van der Waals surface area contributed by atoms with Crippen molar-refractivity contribution in [1.82, 2.24) is 0 Å². The van der Waals surface area contributed by atoms with Crippen LogP contribution in [0, 0.1) is 37.0 Å². The minimum atomic E-state index is -3.29. The first-order valence-corrected chi connectivity index (χ1v) is 29.9. The molecule has 0 aliphatic heterocycles. The molecule has 0 heterocycles. The molecule has 0 bridgehead atoms. The maximum Gasteiger partial charge on any atom is 0.469 e. The summed E-state index contributed by atoms with van der Waals surface area (Å²) in [4.78, 5) is 0. The third-order valence-corrected chi connectivity index (χ3v) is 37.3. The van der Waals surface area contributed by atoms with Crippen LogP contribution < -0.4 is 0 Å². The van der Waals surface area contributed by atoms with Crippen molar-refractivity contribution in [2.24, 2.45) is 0 Å². The van der Waals surface area contributed by atoms with Crippen LogP contribution in [0.2, 0.25) is 86.1 Å². The van der Waals surface area contributed by atoms with Crippen molar-refractivity contribution >= 4 is 50.9 Å². The Morgan fingerprint density at radius 3 is 1.08 bits per heavy atom. The molecule has 0 saturated heterocycles. The summed E-state index contributed by atoms with van der Waals surface area (Å²) in [5.41, 5.74) is 0. The van der Waals surface area contributed by atoms with Crippen LogP contribution in [0.5, 0.6) is 0 Å². The van der Waals surface area contributed by atoms with E-state index in [4.69, 9.17) is 39.8 Å². The van der Waals surface area contributed by atoms with E-state index in [-0.39, 0.29) is 0 Å². The Morgan fingerprint density at radius 2 is 0.769 bits per heavy atom. The molecule has 11 heteroatoms. The molecule has 0 fully saturated rings. The van der Waals surface area contributed by atoms with Crippen molar-refractivity contribution in [1.29, 1.82) is 0 Å². The Kier molecular flexibility index (Phi) is 16.9. The van der Waals surface area contributed by atoms with Crippen molar-refractivity contribution in [2.75, 3.05) is 0 Å². The zero-order chi connectivity index (χ0) is 30.4. The van der Waals surface area contributed by atoms with Crippen LogP contribution in [0.25, 0.3) is 0 Å². The van der Waals surface area contributed by atoms with Gasteiger partial charge in [0.2, 0.25) is 0 Å². The summed E-state index contributed by atoms with van der Waals surface area (Å²) >= 11 is 0. The molecule has 0 aromatic heterocycles. The second-order valence-corrected chi connectivity index (χ2v) is 35.4. The van der Waals surface area contributed by atoms with E-state index >= 15 is 0 Å². The van der Waals surface area contributed by atoms with Crippen LogP contribution in [0.3, 0.4) is 0 Å². The average Bonchev–Trinajstić information content (AvgIpc) is 2.91. The molecule has 0 aliphatic rings. The monoisotopic (exact) mass is 642 g/mol. The summed E-state index contributed by atoms with van der Waals surface area (Å²) in [6, 6.07) is 9.24. The van der Waals surface area contributed by atoms with Gasteiger partial charge in [0.25, 0.3) is 0 Å². The molecule has 39 heavy (non-hydrogen) atoms. The van der Waals surface area contributed by atoms with Gasteiger partial charge in [0.15, 0.2) is 25.0 Å². The summed E-state index contributed by atoms with van der Waals surface area (Å²) in [7, 11) is -15.4. The van der Waals surface area contributed by atoms with Gasteiger partial charge < -0.3 is 20.6 Å². The second-order valence-electron chi connectivity index (χ2n) is 11.2. The van der Waals surface area contributed by atoms with Crippen molar-refractivity contribution in [3.05, 3.63) is 0 Å². The Balaban J connectivity index is 6.83. The van der Waals surface area contributed by atoms with E-state index in [9.17, 15) is 0 Å². The minimum absolute atomic E-state index is 0.630. The van der Waals surface area contributed by atoms with E-state index in [2.05, 4.69) is 92.8 Å². The standard InChI is InChI=1S/C28H58O5Si6/c1-15-26-36(18-4,19-5)30-34(12,13)29-35(14,31-37(20-6,21-7)27-16-2)32-39(24-10,25-11)33-38(22-8,23-9)28-17-3/h1-3H,18-28H2,4-14H3. The van der Waals surface area contributed by atoms with Gasteiger partial charge >= 0.3 is 25.9 Å². The van der Waals surface area contributed by atoms with E-state index < -0.39 is 50.9 Å². The molecule has 0 amide bonds. The Labute approximate surface area is 249 Å². The molecule has 1 atom stereocenters. The molecule has 0 aromatic rings. The van der Waals surface area contributed by atoms with E-state index in [0.29, 0.717) is 18.1 Å². The molecular weight excluding hydrogens is 585 g/mol. The highest BCUT2D eigenvalue weighted by atomic mass is 28.5. The minimum Gasteiger partial charge on any atom is -0.435 e. The molecular formula is C28H58O5Si6. The smallest absolute Gasteiger partial charge is 0.435 e. The zero-order valence-corrected chi connectivity index (χ0v) is 33.1. The molecule has 1 unspecified atom stereocenters. The van der Waals surface area contributed by atoms with Crippen LogP contribution in [0.4, 0.5) is 0 Å². The molecule has 224 valence electrons. The molecule has 0 N–H and O–H groups in total. The van der Waals surface area contributed by atoms with Gasteiger partial charge in [-0.15, -0.1) is 37.0 Å². The van der Waals surface area contributed by atoms with Crippen LogP contribution in [0.15, 0.2) is 0 Å². The summed E-state index contributed by atoms with van der Waals surface area (Å²) in [6.45, 7) is 23.8. The number of hydrogen-bond acceptors (Lipinski definition) is 5.